The summed E-state index contributed by atoms with van der Waals surface area (Å²) in [7, 11) is 0. The molecule has 1 aliphatic rings. The summed E-state index contributed by atoms with van der Waals surface area (Å²) in [6.07, 6.45) is 2.86. The van der Waals surface area contributed by atoms with Crippen LogP contribution in [0.2, 0.25) is 0 Å². The molecular weight excluding hydrogens is 216 g/mol. The van der Waals surface area contributed by atoms with Crippen molar-refractivity contribution in [1.29, 1.82) is 0 Å². The van der Waals surface area contributed by atoms with Crippen LogP contribution in [0.3, 0.4) is 0 Å². The van der Waals surface area contributed by atoms with Gasteiger partial charge in [-0.05, 0) is 56.8 Å². The zero-order valence-corrected chi connectivity index (χ0v) is 10.9. The molecule has 0 atom stereocenters. The number of aromatic nitrogens is 1. The van der Waals surface area contributed by atoms with Gasteiger partial charge in [-0.1, -0.05) is 0 Å². The van der Waals surface area contributed by atoms with Crippen LogP contribution in [0.15, 0.2) is 17.2 Å². The van der Waals surface area contributed by atoms with Gasteiger partial charge in [0.05, 0.1) is 5.03 Å². The van der Waals surface area contributed by atoms with Crippen molar-refractivity contribution >= 4 is 11.8 Å². The first-order valence-electron chi connectivity index (χ1n) is 6.03. The first-order valence-corrected chi connectivity index (χ1v) is 7.01. The van der Waals surface area contributed by atoms with Gasteiger partial charge in [-0.25, -0.2) is 4.98 Å². The zero-order chi connectivity index (χ0) is 11.4. The molecule has 3 heteroatoms. The fourth-order valence-electron chi connectivity index (χ4n) is 1.73. The predicted octanol–water partition coefficient (Wildman–Crippen LogP) is 2.79. The maximum absolute atomic E-state index is 4.51. The Kier molecular flexibility index (Phi) is 4.24. The molecule has 1 N–H and O–H groups in total. The van der Waals surface area contributed by atoms with Crippen LogP contribution in [0.5, 0.6) is 0 Å². The van der Waals surface area contributed by atoms with Crippen LogP contribution in [0, 0.1) is 19.8 Å². The molecule has 1 heterocycles. The molecule has 1 fully saturated rings. The third-order valence-corrected chi connectivity index (χ3v) is 3.65. The molecular formula is C13H20N2S. The fraction of sp³-hybridized carbons (Fsp3) is 0.615. The van der Waals surface area contributed by atoms with E-state index in [9.17, 15) is 0 Å². The van der Waals surface area contributed by atoms with Gasteiger partial charge in [-0.2, -0.15) is 0 Å². The molecule has 0 aliphatic heterocycles. The summed E-state index contributed by atoms with van der Waals surface area (Å²) in [6, 6.07) is 4.29. The summed E-state index contributed by atoms with van der Waals surface area (Å²) in [5.41, 5.74) is 2.43. The normalized spacial score (nSPS) is 15.4. The third-order valence-electron chi connectivity index (χ3n) is 2.73. The minimum absolute atomic E-state index is 0.976. The van der Waals surface area contributed by atoms with Gasteiger partial charge in [-0.15, -0.1) is 11.8 Å². The van der Waals surface area contributed by atoms with Crippen molar-refractivity contribution in [1.82, 2.24) is 10.3 Å². The second-order valence-electron chi connectivity index (χ2n) is 4.62. The van der Waals surface area contributed by atoms with Crippen LogP contribution in [0.1, 0.15) is 24.1 Å². The van der Waals surface area contributed by atoms with Crippen molar-refractivity contribution in [3.63, 3.8) is 0 Å². The smallest absolute Gasteiger partial charge is 0.0966 e. The third kappa shape index (κ3) is 4.14. The zero-order valence-electron chi connectivity index (χ0n) is 10.1. The Labute approximate surface area is 102 Å². The van der Waals surface area contributed by atoms with E-state index in [4.69, 9.17) is 0 Å². The number of pyridine rings is 1. The van der Waals surface area contributed by atoms with Gasteiger partial charge in [0.1, 0.15) is 0 Å². The van der Waals surface area contributed by atoms with E-state index >= 15 is 0 Å². The van der Waals surface area contributed by atoms with Gasteiger partial charge in [0.25, 0.3) is 0 Å². The van der Waals surface area contributed by atoms with Gasteiger partial charge in [0, 0.05) is 18.0 Å². The van der Waals surface area contributed by atoms with Crippen LogP contribution < -0.4 is 5.32 Å². The number of hydrogen-bond donors (Lipinski definition) is 1. The lowest BCUT2D eigenvalue weighted by Crippen LogP contribution is -2.19. The second-order valence-corrected chi connectivity index (χ2v) is 5.74. The van der Waals surface area contributed by atoms with Crippen molar-refractivity contribution in [2.75, 3.05) is 18.8 Å². The first-order chi connectivity index (χ1) is 7.74. The van der Waals surface area contributed by atoms with Crippen molar-refractivity contribution in [2.24, 2.45) is 5.92 Å². The summed E-state index contributed by atoms with van der Waals surface area (Å²) < 4.78 is 0. The fourth-order valence-corrected chi connectivity index (χ4v) is 2.67. The summed E-state index contributed by atoms with van der Waals surface area (Å²) in [4.78, 5) is 4.51. The van der Waals surface area contributed by atoms with Crippen molar-refractivity contribution < 1.29 is 0 Å². The standard InChI is InChI=1S/C13H20N2S/c1-10-7-11(2)15-13(8-10)16-6-5-14-9-12-3-4-12/h7-8,12,14H,3-6,9H2,1-2H3. The summed E-state index contributed by atoms with van der Waals surface area (Å²) >= 11 is 1.85. The SMILES string of the molecule is Cc1cc(C)nc(SCCNCC2CC2)c1. The molecule has 1 aromatic heterocycles. The van der Waals surface area contributed by atoms with E-state index in [2.05, 4.69) is 36.3 Å². The van der Waals surface area contributed by atoms with E-state index < -0.39 is 0 Å². The molecule has 88 valence electrons. The van der Waals surface area contributed by atoms with Gasteiger partial charge in [-0.3, -0.25) is 0 Å². The van der Waals surface area contributed by atoms with Gasteiger partial charge in [0.15, 0.2) is 0 Å². The van der Waals surface area contributed by atoms with E-state index in [1.165, 1.54) is 24.9 Å². The van der Waals surface area contributed by atoms with E-state index in [-0.39, 0.29) is 0 Å². The van der Waals surface area contributed by atoms with Crippen molar-refractivity contribution in [3.8, 4) is 0 Å². The van der Waals surface area contributed by atoms with E-state index in [0.717, 1.165) is 28.9 Å². The minimum Gasteiger partial charge on any atom is -0.316 e. The molecule has 1 aliphatic carbocycles. The van der Waals surface area contributed by atoms with Crippen LogP contribution in [-0.4, -0.2) is 23.8 Å². The summed E-state index contributed by atoms with van der Waals surface area (Å²) in [5, 5.41) is 4.66. The van der Waals surface area contributed by atoms with Crippen molar-refractivity contribution in [3.05, 3.63) is 23.4 Å². The molecule has 0 amide bonds. The Bertz CT molecular complexity index is 328. The highest BCUT2D eigenvalue weighted by Gasteiger charge is 2.19. The highest BCUT2D eigenvalue weighted by atomic mass is 32.2. The lowest BCUT2D eigenvalue weighted by Gasteiger charge is -2.05. The van der Waals surface area contributed by atoms with Gasteiger partial charge >= 0.3 is 0 Å². The Morgan fingerprint density at radius 1 is 1.38 bits per heavy atom. The molecule has 0 saturated heterocycles. The monoisotopic (exact) mass is 236 g/mol. The average molecular weight is 236 g/mol. The topological polar surface area (TPSA) is 24.9 Å². The number of rotatable bonds is 6. The van der Waals surface area contributed by atoms with Crippen LogP contribution in [-0.2, 0) is 0 Å². The lowest BCUT2D eigenvalue weighted by atomic mass is 10.3. The molecule has 0 spiro atoms. The van der Waals surface area contributed by atoms with Crippen LogP contribution >= 0.6 is 11.8 Å². The van der Waals surface area contributed by atoms with E-state index in [1.54, 1.807) is 0 Å². The summed E-state index contributed by atoms with van der Waals surface area (Å²) in [6.45, 7) is 6.49. The number of nitrogens with zero attached hydrogens (tertiary/aromatic N) is 1. The largest absolute Gasteiger partial charge is 0.316 e. The predicted molar refractivity (Wildman–Crippen MR) is 70.0 cm³/mol. The van der Waals surface area contributed by atoms with Crippen LogP contribution in [0.4, 0.5) is 0 Å². The van der Waals surface area contributed by atoms with Gasteiger partial charge < -0.3 is 5.32 Å². The quantitative estimate of drug-likeness (QED) is 0.607. The molecule has 0 unspecified atom stereocenters. The molecule has 16 heavy (non-hydrogen) atoms. The Morgan fingerprint density at radius 2 is 2.19 bits per heavy atom. The first kappa shape index (κ1) is 11.9. The highest BCUT2D eigenvalue weighted by molar-refractivity contribution is 7.99. The number of aryl methyl sites for hydroxylation is 2. The van der Waals surface area contributed by atoms with Crippen molar-refractivity contribution in [2.45, 2.75) is 31.7 Å². The second kappa shape index (κ2) is 5.69. The molecule has 0 bridgehead atoms. The average Bonchev–Trinajstić information content (AvgIpc) is 2.99. The van der Waals surface area contributed by atoms with Crippen LogP contribution in [0.25, 0.3) is 0 Å². The maximum atomic E-state index is 4.51. The lowest BCUT2D eigenvalue weighted by molar-refractivity contribution is 0.665. The molecule has 1 aromatic rings. The van der Waals surface area contributed by atoms with Gasteiger partial charge in [0.2, 0.25) is 0 Å². The molecule has 0 aromatic carbocycles. The Hall–Kier alpha value is -0.540. The molecule has 2 nitrogen and oxygen atoms in total. The number of nitrogens with one attached hydrogen (secondary N) is 1. The number of thioether (sulfide) groups is 1. The van der Waals surface area contributed by atoms with E-state index in [1.807, 2.05) is 11.8 Å². The highest BCUT2D eigenvalue weighted by Crippen LogP contribution is 2.27. The molecule has 0 radical (unpaired) electrons. The Balaban J connectivity index is 1.67. The summed E-state index contributed by atoms with van der Waals surface area (Å²) in [5.74, 6) is 2.09. The maximum Gasteiger partial charge on any atom is 0.0966 e. The minimum atomic E-state index is 0.976. The Morgan fingerprint density at radius 3 is 2.88 bits per heavy atom. The molecule has 2 rings (SSSR count). The molecule has 1 saturated carbocycles. The number of hydrogen-bond acceptors (Lipinski definition) is 3. The van der Waals surface area contributed by atoms with E-state index in [0.29, 0.717) is 0 Å².